The molecule has 4 rings (SSSR count). The minimum Gasteiger partial charge on any atom is -0.419 e. The zero-order valence-electron chi connectivity index (χ0n) is 14.4. The fraction of sp³-hybridized carbons (Fsp3) is 0.0476. The van der Waals surface area contributed by atoms with Crippen molar-refractivity contribution in [2.24, 2.45) is 0 Å². The number of hydrogen-bond donors (Lipinski definition) is 1. The highest BCUT2D eigenvalue weighted by molar-refractivity contribution is 5.94. The van der Waals surface area contributed by atoms with Gasteiger partial charge in [0.2, 0.25) is 11.8 Å². The summed E-state index contributed by atoms with van der Waals surface area (Å²) in [5.74, 6) is 0.512. The molecule has 0 aliphatic rings. The molecule has 2 aromatic heterocycles. The molecule has 0 aliphatic carbocycles. The maximum Gasteiger partial charge on any atom is 0.251 e. The van der Waals surface area contributed by atoms with Crippen LogP contribution in [0.4, 0.5) is 0 Å². The number of hydrogen-bond acceptors (Lipinski definition) is 5. The highest BCUT2D eigenvalue weighted by Gasteiger charge is 2.11. The molecule has 0 saturated carbocycles. The molecule has 132 valence electrons. The number of rotatable bonds is 5. The second-order valence-corrected chi connectivity index (χ2v) is 5.87. The SMILES string of the molecule is O=C(NCc1nnc(-c2cccnc2)o1)c1ccc(-c2ccccc2)cc1. The average molecular weight is 356 g/mol. The Bertz CT molecular complexity index is 1030. The third-order valence-corrected chi connectivity index (χ3v) is 4.03. The summed E-state index contributed by atoms with van der Waals surface area (Å²) in [4.78, 5) is 16.3. The molecule has 0 atom stereocenters. The number of benzene rings is 2. The number of carbonyl (C=O) groups excluding carboxylic acids is 1. The maximum absolute atomic E-state index is 12.3. The number of carbonyl (C=O) groups is 1. The summed E-state index contributed by atoms with van der Waals surface area (Å²) >= 11 is 0. The second-order valence-electron chi connectivity index (χ2n) is 5.87. The predicted octanol–water partition coefficient (Wildman–Crippen LogP) is 3.73. The summed E-state index contributed by atoms with van der Waals surface area (Å²) in [6, 6.07) is 21.1. The molecule has 0 radical (unpaired) electrons. The number of pyridine rings is 1. The summed E-state index contributed by atoms with van der Waals surface area (Å²) < 4.78 is 5.56. The first-order valence-corrected chi connectivity index (χ1v) is 8.46. The average Bonchev–Trinajstić information content (AvgIpc) is 3.22. The lowest BCUT2D eigenvalue weighted by molar-refractivity contribution is 0.0947. The van der Waals surface area contributed by atoms with Gasteiger partial charge in [0.25, 0.3) is 5.91 Å². The van der Waals surface area contributed by atoms with Crippen molar-refractivity contribution in [3.8, 4) is 22.6 Å². The molecule has 2 aromatic carbocycles. The van der Waals surface area contributed by atoms with Gasteiger partial charge in [-0.2, -0.15) is 0 Å². The summed E-state index contributed by atoms with van der Waals surface area (Å²) in [7, 11) is 0. The van der Waals surface area contributed by atoms with Crippen LogP contribution in [0.15, 0.2) is 83.5 Å². The largest absolute Gasteiger partial charge is 0.419 e. The molecule has 4 aromatic rings. The smallest absolute Gasteiger partial charge is 0.251 e. The summed E-state index contributed by atoms with van der Waals surface area (Å²) in [6.45, 7) is 0.159. The van der Waals surface area contributed by atoms with Crippen LogP contribution in [0.1, 0.15) is 16.2 Å². The number of amides is 1. The second kappa shape index (κ2) is 7.61. The van der Waals surface area contributed by atoms with E-state index in [0.29, 0.717) is 17.3 Å². The standard InChI is InChI=1S/C21H16N4O2/c26-20(17-10-8-16(9-11-17)15-5-2-1-3-6-15)23-14-19-24-25-21(27-19)18-7-4-12-22-13-18/h1-13H,14H2,(H,23,26). The molecule has 27 heavy (non-hydrogen) atoms. The number of nitrogens with zero attached hydrogens (tertiary/aromatic N) is 3. The molecule has 0 bridgehead atoms. The van der Waals surface area contributed by atoms with Gasteiger partial charge in [0.15, 0.2) is 0 Å². The maximum atomic E-state index is 12.3. The van der Waals surface area contributed by atoms with Crippen LogP contribution in [0.3, 0.4) is 0 Å². The zero-order chi connectivity index (χ0) is 18.5. The monoisotopic (exact) mass is 356 g/mol. The van der Waals surface area contributed by atoms with E-state index >= 15 is 0 Å². The van der Waals surface area contributed by atoms with Gasteiger partial charge in [-0.1, -0.05) is 42.5 Å². The van der Waals surface area contributed by atoms with Gasteiger partial charge >= 0.3 is 0 Å². The lowest BCUT2D eigenvalue weighted by atomic mass is 10.0. The summed E-state index contributed by atoms with van der Waals surface area (Å²) in [5, 5.41) is 10.7. The van der Waals surface area contributed by atoms with E-state index in [1.54, 1.807) is 30.6 Å². The Kier molecular flexibility index (Phi) is 4.70. The summed E-state index contributed by atoms with van der Waals surface area (Å²) in [6.07, 6.45) is 3.31. The first kappa shape index (κ1) is 16.7. The van der Waals surface area contributed by atoms with E-state index in [2.05, 4.69) is 20.5 Å². The Morgan fingerprint density at radius 1 is 0.852 bits per heavy atom. The molecule has 0 unspecified atom stereocenters. The van der Waals surface area contributed by atoms with Gasteiger partial charge in [0, 0.05) is 18.0 Å². The predicted molar refractivity (Wildman–Crippen MR) is 101 cm³/mol. The molecule has 1 amide bonds. The fourth-order valence-corrected chi connectivity index (χ4v) is 2.63. The Balaban J connectivity index is 1.39. The summed E-state index contributed by atoms with van der Waals surface area (Å²) in [5.41, 5.74) is 3.48. The first-order chi connectivity index (χ1) is 13.3. The normalized spacial score (nSPS) is 10.5. The van der Waals surface area contributed by atoms with Crippen LogP contribution in [0.5, 0.6) is 0 Å². The third-order valence-electron chi connectivity index (χ3n) is 4.03. The van der Waals surface area contributed by atoms with E-state index < -0.39 is 0 Å². The molecule has 2 heterocycles. The van der Waals surface area contributed by atoms with Crippen molar-refractivity contribution in [2.75, 3.05) is 0 Å². The van der Waals surface area contributed by atoms with Crippen LogP contribution < -0.4 is 5.32 Å². The van der Waals surface area contributed by atoms with Gasteiger partial charge in [-0.05, 0) is 35.4 Å². The van der Waals surface area contributed by atoms with Crippen LogP contribution in [0.25, 0.3) is 22.6 Å². The van der Waals surface area contributed by atoms with Crippen LogP contribution >= 0.6 is 0 Å². The van der Waals surface area contributed by atoms with Gasteiger partial charge in [-0.3, -0.25) is 9.78 Å². The van der Waals surface area contributed by atoms with E-state index in [1.165, 1.54) is 0 Å². The Morgan fingerprint density at radius 2 is 1.59 bits per heavy atom. The van der Waals surface area contributed by atoms with Crippen molar-refractivity contribution >= 4 is 5.91 Å². The van der Waals surface area contributed by atoms with Gasteiger partial charge in [0.05, 0.1) is 12.1 Å². The van der Waals surface area contributed by atoms with Crippen LogP contribution in [0.2, 0.25) is 0 Å². The topological polar surface area (TPSA) is 80.9 Å². The fourth-order valence-electron chi connectivity index (χ4n) is 2.63. The minimum atomic E-state index is -0.198. The van der Waals surface area contributed by atoms with E-state index in [-0.39, 0.29) is 12.5 Å². The molecule has 6 nitrogen and oxygen atoms in total. The molecule has 1 N–H and O–H groups in total. The molecular formula is C21H16N4O2. The van der Waals surface area contributed by atoms with Gasteiger partial charge in [-0.25, -0.2) is 0 Å². The van der Waals surface area contributed by atoms with Crippen LogP contribution in [-0.2, 0) is 6.54 Å². The van der Waals surface area contributed by atoms with Crippen LogP contribution in [-0.4, -0.2) is 21.1 Å². The van der Waals surface area contributed by atoms with E-state index in [1.807, 2.05) is 48.5 Å². The number of nitrogens with one attached hydrogen (secondary N) is 1. The van der Waals surface area contributed by atoms with Crippen molar-refractivity contribution in [2.45, 2.75) is 6.54 Å². The molecule has 0 fully saturated rings. The van der Waals surface area contributed by atoms with E-state index in [4.69, 9.17) is 4.42 Å². The third kappa shape index (κ3) is 3.90. The van der Waals surface area contributed by atoms with Crippen molar-refractivity contribution in [3.05, 3.63) is 90.6 Å². The van der Waals surface area contributed by atoms with Gasteiger partial charge < -0.3 is 9.73 Å². The van der Waals surface area contributed by atoms with Crippen molar-refractivity contribution in [1.29, 1.82) is 0 Å². The van der Waals surface area contributed by atoms with E-state index in [9.17, 15) is 4.79 Å². The van der Waals surface area contributed by atoms with Crippen molar-refractivity contribution in [1.82, 2.24) is 20.5 Å². The highest BCUT2D eigenvalue weighted by Crippen LogP contribution is 2.19. The van der Waals surface area contributed by atoms with Gasteiger partial charge in [0.1, 0.15) is 0 Å². The number of aromatic nitrogens is 3. The Hall–Kier alpha value is -3.80. The van der Waals surface area contributed by atoms with E-state index in [0.717, 1.165) is 16.7 Å². The molecule has 0 spiro atoms. The van der Waals surface area contributed by atoms with Crippen molar-refractivity contribution < 1.29 is 9.21 Å². The first-order valence-electron chi connectivity index (χ1n) is 8.46. The zero-order valence-corrected chi connectivity index (χ0v) is 14.4. The minimum absolute atomic E-state index is 0.159. The molecule has 0 aliphatic heterocycles. The van der Waals surface area contributed by atoms with Gasteiger partial charge in [-0.15, -0.1) is 10.2 Å². The van der Waals surface area contributed by atoms with Crippen LogP contribution in [0, 0.1) is 0 Å². The quantitative estimate of drug-likeness (QED) is 0.589. The molecule has 0 saturated heterocycles. The molecule has 6 heteroatoms. The Morgan fingerprint density at radius 3 is 2.33 bits per heavy atom. The Labute approximate surface area is 155 Å². The lowest BCUT2D eigenvalue weighted by Gasteiger charge is -2.05. The highest BCUT2D eigenvalue weighted by atomic mass is 16.4. The van der Waals surface area contributed by atoms with Crippen molar-refractivity contribution in [3.63, 3.8) is 0 Å². The molecular weight excluding hydrogens is 340 g/mol. The lowest BCUT2D eigenvalue weighted by Crippen LogP contribution is -2.22.